The van der Waals surface area contributed by atoms with E-state index in [4.69, 9.17) is 16.3 Å². The van der Waals surface area contributed by atoms with E-state index < -0.39 is 5.97 Å². The lowest BCUT2D eigenvalue weighted by Crippen LogP contribution is -2.20. The number of hydrogen-bond donors (Lipinski definition) is 1. The number of anilines is 1. The number of benzene rings is 2. The summed E-state index contributed by atoms with van der Waals surface area (Å²) in [6.07, 6.45) is 4.58. The highest BCUT2D eigenvalue weighted by atomic mass is 35.5. The molecule has 0 aromatic heterocycles. The minimum atomic E-state index is -0.559. The van der Waals surface area contributed by atoms with E-state index in [1.807, 2.05) is 12.1 Å². The molecule has 0 aliphatic heterocycles. The Morgan fingerprint density at radius 3 is 2.62 bits per heavy atom. The van der Waals surface area contributed by atoms with E-state index in [0.29, 0.717) is 11.4 Å². The Balaban J connectivity index is 1.60. The Hall–Kier alpha value is -2.53. The third kappa shape index (κ3) is 4.35. The fourth-order valence-electron chi connectivity index (χ4n) is 3.01. The number of carbonyl (C=O) groups excluding carboxylic acids is 2. The summed E-state index contributed by atoms with van der Waals surface area (Å²) in [5, 5.41) is 2.95. The zero-order chi connectivity index (χ0) is 18.5. The minimum Gasteiger partial charge on any atom is -0.484 e. The Kier molecular flexibility index (Phi) is 5.78. The first-order chi connectivity index (χ1) is 12.6. The van der Waals surface area contributed by atoms with Gasteiger partial charge in [-0.2, -0.15) is 0 Å². The first kappa shape index (κ1) is 18.3. The number of aryl methyl sites for hydroxylation is 2. The van der Waals surface area contributed by atoms with Gasteiger partial charge in [0.05, 0.1) is 17.7 Å². The van der Waals surface area contributed by atoms with Crippen molar-refractivity contribution < 1.29 is 19.1 Å². The van der Waals surface area contributed by atoms with Crippen LogP contribution in [0.15, 0.2) is 36.4 Å². The molecule has 0 fully saturated rings. The van der Waals surface area contributed by atoms with E-state index in [-0.39, 0.29) is 23.1 Å². The lowest BCUT2D eigenvalue weighted by molar-refractivity contribution is -0.118. The second-order valence-corrected chi connectivity index (χ2v) is 6.57. The molecule has 0 saturated heterocycles. The van der Waals surface area contributed by atoms with Crippen molar-refractivity contribution in [1.29, 1.82) is 0 Å². The third-order valence-corrected chi connectivity index (χ3v) is 4.67. The number of halogens is 1. The van der Waals surface area contributed by atoms with Crippen molar-refractivity contribution in [3.8, 4) is 5.75 Å². The number of esters is 1. The van der Waals surface area contributed by atoms with Gasteiger partial charge in [-0.25, -0.2) is 4.79 Å². The normalized spacial score (nSPS) is 12.8. The van der Waals surface area contributed by atoms with Gasteiger partial charge in [0.2, 0.25) is 0 Å². The molecule has 6 heteroatoms. The average Bonchev–Trinajstić information content (AvgIpc) is 2.67. The van der Waals surface area contributed by atoms with Gasteiger partial charge in [-0.1, -0.05) is 17.7 Å². The van der Waals surface area contributed by atoms with Gasteiger partial charge >= 0.3 is 5.97 Å². The van der Waals surface area contributed by atoms with Crippen LogP contribution in [0.5, 0.6) is 5.75 Å². The van der Waals surface area contributed by atoms with Gasteiger partial charge in [-0.05, 0) is 67.1 Å². The maximum Gasteiger partial charge on any atom is 0.339 e. The van der Waals surface area contributed by atoms with E-state index in [1.54, 1.807) is 6.07 Å². The highest BCUT2D eigenvalue weighted by Gasteiger charge is 2.13. The standard InChI is InChI=1S/C20H20ClNO4/c1-25-20(24)17-11-15(7-9-18(17)21)22-19(23)12-26-16-8-6-13-4-2-3-5-14(13)10-16/h6-11H,2-5,12H2,1H3,(H,22,23). The third-order valence-electron chi connectivity index (χ3n) is 4.35. The number of fused-ring (bicyclic) bond motifs is 1. The van der Waals surface area contributed by atoms with E-state index >= 15 is 0 Å². The molecule has 136 valence electrons. The van der Waals surface area contributed by atoms with Gasteiger partial charge in [0, 0.05) is 5.69 Å². The predicted octanol–water partition coefficient (Wildman–Crippen LogP) is 4.02. The number of methoxy groups -OCH3 is 1. The molecule has 0 bridgehead atoms. The molecule has 2 aromatic rings. The highest BCUT2D eigenvalue weighted by molar-refractivity contribution is 6.33. The maximum atomic E-state index is 12.1. The van der Waals surface area contributed by atoms with Crippen molar-refractivity contribution in [2.75, 3.05) is 19.0 Å². The molecular formula is C20H20ClNO4. The van der Waals surface area contributed by atoms with Crippen LogP contribution >= 0.6 is 11.6 Å². The average molecular weight is 374 g/mol. The number of carbonyl (C=O) groups is 2. The first-order valence-electron chi connectivity index (χ1n) is 8.49. The number of amides is 1. The second kappa shape index (κ2) is 8.23. The number of hydrogen-bond acceptors (Lipinski definition) is 4. The van der Waals surface area contributed by atoms with Crippen LogP contribution < -0.4 is 10.1 Å². The molecule has 0 heterocycles. The summed E-state index contributed by atoms with van der Waals surface area (Å²) in [6.45, 7) is -0.116. The summed E-state index contributed by atoms with van der Waals surface area (Å²) in [5.41, 5.74) is 3.32. The van der Waals surface area contributed by atoms with Gasteiger partial charge in [0.1, 0.15) is 5.75 Å². The number of nitrogens with one attached hydrogen (secondary N) is 1. The maximum absolute atomic E-state index is 12.1. The van der Waals surface area contributed by atoms with Crippen molar-refractivity contribution in [3.63, 3.8) is 0 Å². The molecule has 1 aliphatic rings. The number of ether oxygens (including phenoxy) is 2. The van der Waals surface area contributed by atoms with Crippen LogP contribution in [-0.2, 0) is 22.4 Å². The summed E-state index contributed by atoms with van der Waals surface area (Å²) in [4.78, 5) is 23.8. The Bertz CT molecular complexity index is 835. The van der Waals surface area contributed by atoms with Crippen molar-refractivity contribution in [2.45, 2.75) is 25.7 Å². The van der Waals surface area contributed by atoms with Crippen LogP contribution in [0.2, 0.25) is 5.02 Å². The SMILES string of the molecule is COC(=O)c1cc(NC(=O)COc2ccc3c(c2)CCCC3)ccc1Cl. The Morgan fingerprint density at radius 1 is 1.08 bits per heavy atom. The van der Waals surface area contributed by atoms with Gasteiger partial charge in [0.25, 0.3) is 5.91 Å². The zero-order valence-corrected chi connectivity index (χ0v) is 15.3. The molecule has 0 radical (unpaired) electrons. The summed E-state index contributed by atoms with van der Waals surface area (Å²) in [5.74, 6) is -0.190. The fraction of sp³-hybridized carbons (Fsp3) is 0.300. The second-order valence-electron chi connectivity index (χ2n) is 6.16. The molecule has 5 nitrogen and oxygen atoms in total. The van der Waals surface area contributed by atoms with Gasteiger partial charge in [-0.3, -0.25) is 4.79 Å². The number of rotatable bonds is 5. The molecule has 1 aliphatic carbocycles. The van der Waals surface area contributed by atoms with Crippen LogP contribution in [0.25, 0.3) is 0 Å². The summed E-state index contributed by atoms with van der Waals surface area (Å²) >= 11 is 5.97. The van der Waals surface area contributed by atoms with E-state index in [2.05, 4.69) is 16.1 Å². The summed E-state index contributed by atoms with van der Waals surface area (Å²) < 4.78 is 10.3. The van der Waals surface area contributed by atoms with Gasteiger partial charge in [-0.15, -0.1) is 0 Å². The van der Waals surface area contributed by atoms with Crippen LogP contribution in [0.3, 0.4) is 0 Å². The molecular weight excluding hydrogens is 354 g/mol. The summed E-state index contributed by atoms with van der Waals surface area (Å²) in [6, 6.07) is 10.6. The molecule has 1 N–H and O–H groups in total. The molecule has 0 unspecified atom stereocenters. The van der Waals surface area contributed by atoms with E-state index in [9.17, 15) is 9.59 Å². The van der Waals surface area contributed by atoms with Crippen LogP contribution in [-0.4, -0.2) is 25.6 Å². The highest BCUT2D eigenvalue weighted by Crippen LogP contribution is 2.25. The van der Waals surface area contributed by atoms with Crippen LogP contribution in [0, 0.1) is 0 Å². The van der Waals surface area contributed by atoms with Crippen molar-refractivity contribution in [3.05, 3.63) is 58.1 Å². The fourth-order valence-corrected chi connectivity index (χ4v) is 3.21. The minimum absolute atomic E-state index is 0.116. The topological polar surface area (TPSA) is 64.6 Å². The Labute approximate surface area is 157 Å². The van der Waals surface area contributed by atoms with Crippen molar-refractivity contribution >= 4 is 29.2 Å². The van der Waals surface area contributed by atoms with Gasteiger partial charge in [0.15, 0.2) is 6.61 Å². The van der Waals surface area contributed by atoms with Gasteiger partial charge < -0.3 is 14.8 Å². The lowest BCUT2D eigenvalue weighted by Gasteiger charge is -2.16. The van der Waals surface area contributed by atoms with Crippen molar-refractivity contribution in [1.82, 2.24) is 0 Å². The van der Waals surface area contributed by atoms with Crippen LogP contribution in [0.4, 0.5) is 5.69 Å². The first-order valence-corrected chi connectivity index (χ1v) is 8.87. The molecule has 0 saturated carbocycles. The van der Waals surface area contributed by atoms with E-state index in [1.165, 1.54) is 43.2 Å². The van der Waals surface area contributed by atoms with Crippen LogP contribution in [0.1, 0.15) is 34.3 Å². The molecule has 1 amide bonds. The smallest absolute Gasteiger partial charge is 0.339 e. The summed E-state index contributed by atoms with van der Waals surface area (Å²) in [7, 11) is 1.27. The van der Waals surface area contributed by atoms with Crippen molar-refractivity contribution in [2.24, 2.45) is 0 Å². The predicted molar refractivity (Wildman–Crippen MR) is 100 cm³/mol. The molecule has 0 spiro atoms. The monoisotopic (exact) mass is 373 g/mol. The molecule has 3 rings (SSSR count). The zero-order valence-electron chi connectivity index (χ0n) is 14.5. The molecule has 2 aromatic carbocycles. The lowest BCUT2D eigenvalue weighted by atomic mass is 9.92. The quantitative estimate of drug-likeness (QED) is 0.804. The largest absolute Gasteiger partial charge is 0.484 e. The molecule has 0 atom stereocenters. The van der Waals surface area contributed by atoms with E-state index in [0.717, 1.165) is 12.8 Å². The Morgan fingerprint density at radius 2 is 1.85 bits per heavy atom. The molecule has 26 heavy (non-hydrogen) atoms.